The van der Waals surface area contributed by atoms with Crippen LogP contribution in [0, 0.1) is 25.2 Å². The maximum absolute atomic E-state index is 9.47. The Kier molecular flexibility index (Phi) is 5.18. The number of thiazole rings is 1. The van der Waals surface area contributed by atoms with E-state index >= 15 is 0 Å². The number of hydrogen-bond acceptors (Lipinski definition) is 4. The fourth-order valence-corrected chi connectivity index (χ4v) is 3.47. The average Bonchev–Trinajstić information content (AvgIpc) is 3.05. The van der Waals surface area contributed by atoms with Crippen molar-refractivity contribution in [2.75, 3.05) is 5.32 Å². The lowest BCUT2D eigenvalue weighted by Gasteiger charge is -2.03. The summed E-state index contributed by atoms with van der Waals surface area (Å²) in [5.74, 6) is 0. The molecule has 0 aliphatic rings. The topological polar surface area (TPSA) is 48.7 Å². The Labute approximate surface area is 156 Å². The Morgan fingerprint density at radius 3 is 2.80 bits per heavy atom. The van der Waals surface area contributed by atoms with E-state index in [1.54, 1.807) is 18.3 Å². The third-order valence-corrected chi connectivity index (χ3v) is 4.83. The SMILES string of the molecule is Cc1ccc(-c2csc(/C(C#N)=C\Nc3cccc(Cl)c3)n2)c(C)c1. The summed E-state index contributed by atoms with van der Waals surface area (Å²) >= 11 is 7.43. The standard InChI is InChI=1S/C20H16ClN3S/c1-13-6-7-18(14(2)8-13)19-12-25-20(24-19)15(10-22)11-23-17-5-3-4-16(21)9-17/h3-9,11-12,23H,1-2H3/b15-11-. The summed E-state index contributed by atoms with van der Waals surface area (Å²) in [5.41, 5.74) is 5.69. The normalized spacial score (nSPS) is 11.2. The van der Waals surface area contributed by atoms with Crippen LogP contribution in [-0.4, -0.2) is 4.98 Å². The number of nitrogens with one attached hydrogen (secondary N) is 1. The van der Waals surface area contributed by atoms with Crippen LogP contribution in [0.15, 0.2) is 54.0 Å². The van der Waals surface area contributed by atoms with E-state index in [1.165, 1.54) is 22.5 Å². The molecule has 0 fully saturated rings. The van der Waals surface area contributed by atoms with Crippen molar-refractivity contribution in [2.45, 2.75) is 13.8 Å². The van der Waals surface area contributed by atoms with E-state index in [0.29, 0.717) is 15.6 Å². The molecular weight excluding hydrogens is 350 g/mol. The van der Waals surface area contributed by atoms with Crippen molar-refractivity contribution in [1.29, 1.82) is 5.26 Å². The van der Waals surface area contributed by atoms with Crippen molar-refractivity contribution >= 4 is 34.2 Å². The first-order valence-corrected chi connectivity index (χ1v) is 8.98. The maximum atomic E-state index is 9.47. The number of nitrogens with zero attached hydrogens (tertiary/aromatic N) is 2. The fraction of sp³-hybridized carbons (Fsp3) is 0.100. The second-order valence-electron chi connectivity index (χ2n) is 5.68. The van der Waals surface area contributed by atoms with E-state index in [2.05, 4.69) is 48.4 Å². The number of rotatable bonds is 4. The van der Waals surface area contributed by atoms with Gasteiger partial charge in [0.1, 0.15) is 16.6 Å². The van der Waals surface area contributed by atoms with Crippen LogP contribution in [0.4, 0.5) is 5.69 Å². The molecule has 2 aromatic carbocycles. The van der Waals surface area contributed by atoms with Gasteiger partial charge in [-0.15, -0.1) is 11.3 Å². The molecule has 5 heteroatoms. The van der Waals surface area contributed by atoms with Gasteiger partial charge in [-0.05, 0) is 37.6 Å². The molecule has 1 heterocycles. The molecule has 0 unspecified atom stereocenters. The van der Waals surface area contributed by atoms with Gasteiger partial charge in [-0.2, -0.15) is 5.26 Å². The lowest BCUT2D eigenvalue weighted by molar-refractivity contribution is 1.32. The molecule has 1 aromatic heterocycles. The molecule has 3 rings (SSSR count). The average molecular weight is 366 g/mol. The zero-order chi connectivity index (χ0) is 17.8. The van der Waals surface area contributed by atoms with Gasteiger partial charge in [0.25, 0.3) is 0 Å². The van der Waals surface area contributed by atoms with Crippen LogP contribution in [0.5, 0.6) is 0 Å². The number of nitriles is 1. The molecule has 25 heavy (non-hydrogen) atoms. The molecule has 0 radical (unpaired) electrons. The van der Waals surface area contributed by atoms with Gasteiger partial charge in [-0.25, -0.2) is 4.98 Å². The summed E-state index contributed by atoms with van der Waals surface area (Å²) in [5, 5.41) is 15.9. The number of benzene rings is 2. The predicted octanol–water partition coefficient (Wildman–Crippen LogP) is 6.06. The Hall–Kier alpha value is -2.61. The molecule has 0 atom stereocenters. The van der Waals surface area contributed by atoms with Crippen molar-refractivity contribution in [3.05, 3.63) is 75.2 Å². The number of aryl methyl sites for hydroxylation is 2. The highest BCUT2D eigenvalue weighted by atomic mass is 35.5. The minimum absolute atomic E-state index is 0.487. The number of allylic oxidation sites excluding steroid dienone is 1. The van der Waals surface area contributed by atoms with Gasteiger partial charge < -0.3 is 5.32 Å². The monoisotopic (exact) mass is 365 g/mol. The third kappa shape index (κ3) is 4.08. The van der Waals surface area contributed by atoms with Crippen LogP contribution in [0.3, 0.4) is 0 Å². The molecular formula is C20H16ClN3S. The molecule has 0 saturated heterocycles. The second kappa shape index (κ2) is 7.52. The molecule has 3 aromatic rings. The molecule has 0 spiro atoms. The summed E-state index contributed by atoms with van der Waals surface area (Å²) < 4.78 is 0. The second-order valence-corrected chi connectivity index (χ2v) is 6.98. The summed E-state index contributed by atoms with van der Waals surface area (Å²) in [4.78, 5) is 4.63. The van der Waals surface area contributed by atoms with Crippen LogP contribution in [0.2, 0.25) is 5.02 Å². The highest BCUT2D eigenvalue weighted by Crippen LogP contribution is 2.28. The zero-order valence-electron chi connectivity index (χ0n) is 13.9. The van der Waals surface area contributed by atoms with Crippen LogP contribution >= 0.6 is 22.9 Å². The Bertz CT molecular complexity index is 983. The third-order valence-electron chi connectivity index (χ3n) is 3.72. The van der Waals surface area contributed by atoms with E-state index < -0.39 is 0 Å². The number of aromatic nitrogens is 1. The highest BCUT2D eigenvalue weighted by Gasteiger charge is 2.10. The zero-order valence-corrected chi connectivity index (χ0v) is 15.4. The maximum Gasteiger partial charge on any atom is 0.136 e. The largest absolute Gasteiger partial charge is 0.360 e. The quantitative estimate of drug-likeness (QED) is 0.572. The van der Waals surface area contributed by atoms with Crippen LogP contribution in [0.25, 0.3) is 16.8 Å². The summed E-state index contributed by atoms with van der Waals surface area (Å²) in [6.45, 7) is 4.14. The first-order valence-electron chi connectivity index (χ1n) is 7.73. The Balaban J connectivity index is 1.86. The molecule has 0 aliphatic carbocycles. The lowest BCUT2D eigenvalue weighted by atomic mass is 10.0. The van der Waals surface area contributed by atoms with Crippen molar-refractivity contribution in [3.63, 3.8) is 0 Å². The van der Waals surface area contributed by atoms with E-state index in [1.807, 2.05) is 17.5 Å². The van der Waals surface area contributed by atoms with Crippen LogP contribution in [0.1, 0.15) is 16.1 Å². The highest BCUT2D eigenvalue weighted by molar-refractivity contribution is 7.11. The van der Waals surface area contributed by atoms with Gasteiger partial charge in [0.15, 0.2) is 0 Å². The summed E-state index contributed by atoms with van der Waals surface area (Å²) in [7, 11) is 0. The number of halogens is 1. The Morgan fingerprint density at radius 2 is 2.08 bits per heavy atom. The van der Waals surface area contributed by atoms with Gasteiger partial charge >= 0.3 is 0 Å². The first-order chi connectivity index (χ1) is 12.1. The summed E-state index contributed by atoms with van der Waals surface area (Å²) in [6.07, 6.45) is 1.66. The van der Waals surface area contributed by atoms with Gasteiger partial charge in [-0.1, -0.05) is 41.4 Å². The van der Waals surface area contributed by atoms with E-state index in [0.717, 1.165) is 16.9 Å². The first kappa shape index (κ1) is 17.2. The number of hydrogen-bond donors (Lipinski definition) is 1. The lowest BCUT2D eigenvalue weighted by Crippen LogP contribution is -1.91. The molecule has 0 saturated carbocycles. The van der Waals surface area contributed by atoms with Gasteiger partial charge in [-0.3, -0.25) is 0 Å². The van der Waals surface area contributed by atoms with E-state index in [9.17, 15) is 5.26 Å². The van der Waals surface area contributed by atoms with Crippen molar-refractivity contribution < 1.29 is 0 Å². The molecule has 0 amide bonds. The van der Waals surface area contributed by atoms with Gasteiger partial charge in [0, 0.05) is 27.9 Å². The van der Waals surface area contributed by atoms with Gasteiger partial charge in [0.05, 0.1) is 5.69 Å². The predicted molar refractivity (Wildman–Crippen MR) is 106 cm³/mol. The molecule has 1 N–H and O–H groups in total. The minimum atomic E-state index is 0.487. The molecule has 3 nitrogen and oxygen atoms in total. The van der Waals surface area contributed by atoms with Crippen LogP contribution in [-0.2, 0) is 0 Å². The molecule has 0 aliphatic heterocycles. The van der Waals surface area contributed by atoms with E-state index in [-0.39, 0.29) is 0 Å². The van der Waals surface area contributed by atoms with Crippen molar-refractivity contribution in [2.24, 2.45) is 0 Å². The van der Waals surface area contributed by atoms with E-state index in [4.69, 9.17) is 11.6 Å². The number of anilines is 1. The van der Waals surface area contributed by atoms with Crippen LogP contribution < -0.4 is 5.32 Å². The minimum Gasteiger partial charge on any atom is -0.360 e. The summed E-state index contributed by atoms with van der Waals surface area (Å²) in [6, 6.07) is 15.8. The Morgan fingerprint density at radius 1 is 1.24 bits per heavy atom. The van der Waals surface area contributed by atoms with Crippen molar-refractivity contribution in [1.82, 2.24) is 4.98 Å². The van der Waals surface area contributed by atoms with Crippen molar-refractivity contribution in [3.8, 4) is 17.3 Å². The van der Waals surface area contributed by atoms with Gasteiger partial charge in [0.2, 0.25) is 0 Å². The smallest absolute Gasteiger partial charge is 0.136 e. The molecule has 0 bridgehead atoms. The molecule has 124 valence electrons. The fourth-order valence-electron chi connectivity index (χ4n) is 2.50.